The molecule has 0 saturated carbocycles. The van der Waals surface area contributed by atoms with E-state index in [9.17, 15) is 0 Å². The van der Waals surface area contributed by atoms with E-state index in [1.54, 1.807) is 15.9 Å². The number of hydrogen-bond acceptors (Lipinski definition) is 5. The Bertz CT molecular complexity index is 876. The van der Waals surface area contributed by atoms with Crippen LogP contribution in [-0.2, 0) is 0 Å². The number of benzene rings is 1. The van der Waals surface area contributed by atoms with Crippen molar-refractivity contribution in [2.75, 3.05) is 0 Å². The first-order valence-corrected chi connectivity index (χ1v) is 7.19. The van der Waals surface area contributed by atoms with E-state index in [0.29, 0.717) is 11.6 Å². The summed E-state index contributed by atoms with van der Waals surface area (Å²) in [5.41, 5.74) is 2.26. The van der Waals surface area contributed by atoms with Crippen LogP contribution in [0.25, 0.3) is 27.6 Å². The Morgan fingerprint density at radius 3 is 3.05 bits per heavy atom. The molecule has 3 heterocycles. The van der Waals surface area contributed by atoms with E-state index in [4.69, 9.17) is 4.42 Å². The molecule has 0 N–H and O–H groups in total. The van der Waals surface area contributed by atoms with Gasteiger partial charge in [0.05, 0.1) is 6.20 Å². The van der Waals surface area contributed by atoms with E-state index < -0.39 is 0 Å². The van der Waals surface area contributed by atoms with Crippen molar-refractivity contribution in [2.45, 2.75) is 6.92 Å². The predicted octanol–water partition coefficient (Wildman–Crippen LogP) is 3.67. The molecule has 94 valence electrons. The van der Waals surface area contributed by atoms with Gasteiger partial charge in [-0.1, -0.05) is 27.3 Å². The molecule has 0 unspecified atom stereocenters. The van der Waals surface area contributed by atoms with Crippen molar-refractivity contribution in [2.24, 2.45) is 0 Å². The van der Waals surface area contributed by atoms with Crippen molar-refractivity contribution in [3.05, 3.63) is 33.9 Å². The molecule has 0 aliphatic carbocycles. The molecule has 0 aliphatic rings. The van der Waals surface area contributed by atoms with Gasteiger partial charge in [-0.15, -0.1) is 0 Å². The van der Waals surface area contributed by atoms with Gasteiger partial charge in [0.1, 0.15) is 16.2 Å². The van der Waals surface area contributed by atoms with Crippen LogP contribution in [0, 0.1) is 6.92 Å². The lowest BCUT2D eigenvalue weighted by atomic mass is 10.3. The maximum absolute atomic E-state index is 5.71. The smallest absolute Gasteiger partial charge is 0.247 e. The number of hydrogen-bond donors (Lipinski definition) is 0. The molecule has 1 aromatic carbocycles. The lowest BCUT2D eigenvalue weighted by Crippen LogP contribution is -1.80. The van der Waals surface area contributed by atoms with Crippen molar-refractivity contribution in [1.82, 2.24) is 19.6 Å². The Morgan fingerprint density at radius 1 is 1.32 bits per heavy atom. The highest BCUT2D eigenvalue weighted by Gasteiger charge is 2.13. The second kappa shape index (κ2) is 3.88. The van der Waals surface area contributed by atoms with Crippen molar-refractivity contribution in [3.8, 4) is 11.6 Å². The Kier molecular flexibility index (Phi) is 2.27. The topological polar surface area (TPSA) is 56.2 Å². The predicted molar refractivity (Wildman–Crippen MR) is 76.3 cm³/mol. The number of imidazole rings is 1. The minimum atomic E-state index is 0.517. The molecule has 7 heteroatoms. The van der Waals surface area contributed by atoms with E-state index in [1.807, 2.05) is 31.3 Å². The fourth-order valence-corrected chi connectivity index (χ4v) is 2.99. The molecule has 0 spiro atoms. The van der Waals surface area contributed by atoms with Gasteiger partial charge in [-0.3, -0.25) is 0 Å². The van der Waals surface area contributed by atoms with Crippen LogP contribution in [0.4, 0.5) is 0 Å². The minimum absolute atomic E-state index is 0.517. The molecule has 0 radical (unpaired) electrons. The zero-order valence-electron chi connectivity index (χ0n) is 9.79. The molecule has 5 nitrogen and oxygen atoms in total. The Labute approximate surface area is 120 Å². The maximum atomic E-state index is 5.71. The van der Waals surface area contributed by atoms with Crippen LogP contribution in [0.1, 0.15) is 5.01 Å². The SMILES string of the molecule is Cc1nn2cc(-c3nc4cc(Br)ccc4o3)nc2s1. The standard InChI is InChI=1S/C12H7BrN4OS/c1-6-16-17-5-9(15-12(17)19-6)11-14-8-4-7(13)2-3-10(8)18-11/h2-5H,1H3. The summed E-state index contributed by atoms with van der Waals surface area (Å²) in [6.45, 7) is 1.95. The summed E-state index contributed by atoms with van der Waals surface area (Å²) < 4.78 is 8.43. The maximum Gasteiger partial charge on any atom is 0.247 e. The largest absolute Gasteiger partial charge is 0.435 e. The van der Waals surface area contributed by atoms with Gasteiger partial charge >= 0.3 is 0 Å². The molecule has 0 saturated heterocycles. The second-order valence-corrected chi connectivity index (χ2v) is 6.18. The normalized spacial score (nSPS) is 11.7. The van der Waals surface area contributed by atoms with Gasteiger partial charge in [0.15, 0.2) is 5.58 Å². The Balaban J connectivity index is 1.90. The lowest BCUT2D eigenvalue weighted by molar-refractivity contribution is 0.617. The second-order valence-electron chi connectivity index (χ2n) is 4.11. The highest BCUT2D eigenvalue weighted by atomic mass is 79.9. The molecule has 0 fully saturated rings. The molecule has 3 aromatic heterocycles. The van der Waals surface area contributed by atoms with Crippen LogP contribution in [0.15, 0.2) is 33.3 Å². The van der Waals surface area contributed by atoms with Gasteiger partial charge in [0.25, 0.3) is 0 Å². The third-order valence-corrected chi connectivity index (χ3v) is 4.04. The highest BCUT2D eigenvalue weighted by Crippen LogP contribution is 2.26. The van der Waals surface area contributed by atoms with Crippen molar-refractivity contribution in [1.29, 1.82) is 0 Å². The Hall–Kier alpha value is -1.73. The van der Waals surface area contributed by atoms with E-state index in [0.717, 1.165) is 25.5 Å². The zero-order valence-corrected chi connectivity index (χ0v) is 12.2. The summed E-state index contributed by atoms with van der Waals surface area (Å²) in [5, 5.41) is 5.31. The van der Waals surface area contributed by atoms with Crippen molar-refractivity contribution < 1.29 is 4.42 Å². The van der Waals surface area contributed by atoms with Crippen LogP contribution in [0.5, 0.6) is 0 Å². The summed E-state index contributed by atoms with van der Waals surface area (Å²) >= 11 is 4.96. The number of oxazole rings is 1. The molecule has 0 amide bonds. The molecule has 0 aliphatic heterocycles. The monoisotopic (exact) mass is 334 g/mol. The first-order valence-electron chi connectivity index (χ1n) is 5.58. The molecular formula is C12H7BrN4OS. The van der Waals surface area contributed by atoms with Gasteiger partial charge in [0, 0.05) is 4.47 Å². The number of nitrogens with zero attached hydrogens (tertiary/aromatic N) is 4. The number of aryl methyl sites for hydroxylation is 1. The summed E-state index contributed by atoms with van der Waals surface area (Å²) in [6, 6.07) is 5.73. The first kappa shape index (κ1) is 11.1. The summed E-state index contributed by atoms with van der Waals surface area (Å²) in [4.78, 5) is 9.76. The molecule has 0 bridgehead atoms. The van der Waals surface area contributed by atoms with Gasteiger partial charge < -0.3 is 4.42 Å². The quantitative estimate of drug-likeness (QED) is 0.533. The Morgan fingerprint density at radius 2 is 2.21 bits per heavy atom. The van der Waals surface area contributed by atoms with Gasteiger partial charge in [-0.05, 0) is 25.1 Å². The summed E-state index contributed by atoms with van der Waals surface area (Å²) in [5.74, 6) is 0.517. The van der Waals surface area contributed by atoms with Gasteiger partial charge in [-0.25, -0.2) is 14.5 Å². The van der Waals surface area contributed by atoms with Gasteiger partial charge in [0.2, 0.25) is 10.9 Å². The fourth-order valence-electron chi connectivity index (χ4n) is 1.91. The van der Waals surface area contributed by atoms with E-state index >= 15 is 0 Å². The lowest BCUT2D eigenvalue weighted by Gasteiger charge is -1.86. The third-order valence-electron chi connectivity index (χ3n) is 2.71. The van der Waals surface area contributed by atoms with Crippen LogP contribution in [0.2, 0.25) is 0 Å². The van der Waals surface area contributed by atoms with Crippen LogP contribution in [-0.4, -0.2) is 19.6 Å². The molecule has 4 aromatic rings. The van der Waals surface area contributed by atoms with Crippen LogP contribution in [0.3, 0.4) is 0 Å². The van der Waals surface area contributed by atoms with Crippen molar-refractivity contribution >= 4 is 43.3 Å². The molecule has 0 atom stereocenters. The number of rotatable bonds is 1. The molecular weight excluding hydrogens is 328 g/mol. The summed E-state index contributed by atoms with van der Waals surface area (Å²) in [7, 11) is 0. The van der Waals surface area contributed by atoms with Crippen LogP contribution < -0.4 is 0 Å². The summed E-state index contributed by atoms with van der Waals surface area (Å²) in [6.07, 6.45) is 1.83. The van der Waals surface area contributed by atoms with Gasteiger partial charge in [-0.2, -0.15) is 5.10 Å². The number of aromatic nitrogens is 4. The number of fused-ring (bicyclic) bond motifs is 2. The highest BCUT2D eigenvalue weighted by molar-refractivity contribution is 9.10. The van der Waals surface area contributed by atoms with E-state index in [2.05, 4.69) is 31.0 Å². The third kappa shape index (κ3) is 1.77. The first-order chi connectivity index (χ1) is 9.19. The van der Waals surface area contributed by atoms with Crippen molar-refractivity contribution in [3.63, 3.8) is 0 Å². The van der Waals surface area contributed by atoms with E-state index in [1.165, 1.54) is 0 Å². The molecule has 4 rings (SSSR count). The zero-order chi connectivity index (χ0) is 13.0. The molecule has 19 heavy (non-hydrogen) atoms. The van der Waals surface area contributed by atoms with E-state index in [-0.39, 0.29) is 0 Å². The average molecular weight is 335 g/mol. The van der Waals surface area contributed by atoms with Crippen LogP contribution >= 0.6 is 27.3 Å². The fraction of sp³-hybridized carbons (Fsp3) is 0.0833. The number of halogens is 1. The minimum Gasteiger partial charge on any atom is -0.435 e. The average Bonchev–Trinajstić information content (AvgIpc) is 2.99.